The molecule has 3 heterocycles. The standard InChI is InChI=1S/C24H34N4O2/c1-19(24(30)28-12-5-2-6-13-28)26-14-16-27(17-15-26)23(29)11-7-8-20-18-25-22-10-4-3-9-21(20)22/h3-4,9-10,18-19,25H,2,5-8,11-17H2,1H3. The Kier molecular flexibility index (Phi) is 6.72. The highest BCUT2D eigenvalue weighted by Crippen LogP contribution is 2.20. The number of fused-ring (bicyclic) bond motifs is 1. The maximum Gasteiger partial charge on any atom is 0.239 e. The molecule has 2 amide bonds. The summed E-state index contributed by atoms with van der Waals surface area (Å²) in [6.07, 6.45) is 7.91. The van der Waals surface area contributed by atoms with Crippen LogP contribution in [-0.2, 0) is 16.0 Å². The van der Waals surface area contributed by atoms with Crippen molar-refractivity contribution in [2.45, 2.75) is 51.5 Å². The third kappa shape index (κ3) is 4.69. The average molecular weight is 411 g/mol. The van der Waals surface area contributed by atoms with E-state index in [-0.39, 0.29) is 17.9 Å². The molecular weight excluding hydrogens is 376 g/mol. The minimum atomic E-state index is -0.0813. The molecule has 0 spiro atoms. The average Bonchev–Trinajstić information content (AvgIpc) is 3.22. The third-order valence-electron chi connectivity index (χ3n) is 6.75. The molecule has 0 saturated carbocycles. The van der Waals surface area contributed by atoms with Crippen molar-refractivity contribution < 1.29 is 9.59 Å². The molecule has 1 atom stereocenters. The number of rotatable bonds is 6. The SMILES string of the molecule is CC(C(=O)N1CCCCC1)N1CCN(C(=O)CCCc2c[nH]c3ccccc23)CC1. The molecule has 1 N–H and O–H groups in total. The number of nitrogens with one attached hydrogen (secondary N) is 1. The molecule has 1 unspecified atom stereocenters. The number of H-pyrrole nitrogens is 1. The Bertz CT molecular complexity index is 863. The normalized spacial score (nSPS) is 19.2. The van der Waals surface area contributed by atoms with Crippen molar-refractivity contribution in [2.75, 3.05) is 39.3 Å². The first-order valence-corrected chi connectivity index (χ1v) is 11.5. The first-order chi connectivity index (χ1) is 14.6. The molecule has 2 aliphatic heterocycles. The number of nitrogens with zero attached hydrogens (tertiary/aromatic N) is 3. The number of aromatic amines is 1. The van der Waals surface area contributed by atoms with E-state index in [1.54, 1.807) is 0 Å². The Balaban J connectivity index is 1.21. The number of piperazine rings is 1. The number of carbonyl (C=O) groups excluding carboxylic acids is 2. The van der Waals surface area contributed by atoms with E-state index in [2.05, 4.69) is 34.3 Å². The van der Waals surface area contributed by atoms with Crippen LogP contribution in [0, 0.1) is 0 Å². The molecule has 30 heavy (non-hydrogen) atoms. The van der Waals surface area contributed by atoms with Crippen LogP contribution in [0.5, 0.6) is 0 Å². The van der Waals surface area contributed by atoms with Gasteiger partial charge in [0.05, 0.1) is 6.04 Å². The van der Waals surface area contributed by atoms with E-state index in [0.717, 1.165) is 70.5 Å². The lowest BCUT2D eigenvalue weighted by atomic mass is 10.1. The van der Waals surface area contributed by atoms with E-state index in [1.807, 2.05) is 22.8 Å². The lowest BCUT2D eigenvalue weighted by Crippen LogP contribution is -2.56. The molecule has 0 bridgehead atoms. The predicted octanol–water partition coefficient (Wildman–Crippen LogP) is 3.04. The van der Waals surface area contributed by atoms with Gasteiger partial charge in [-0.3, -0.25) is 14.5 Å². The fraction of sp³-hybridized carbons (Fsp3) is 0.583. The van der Waals surface area contributed by atoms with Gasteiger partial charge < -0.3 is 14.8 Å². The van der Waals surface area contributed by atoms with Gasteiger partial charge >= 0.3 is 0 Å². The van der Waals surface area contributed by atoms with Crippen LogP contribution in [0.15, 0.2) is 30.5 Å². The van der Waals surface area contributed by atoms with E-state index in [0.29, 0.717) is 6.42 Å². The Morgan fingerprint density at radius 2 is 1.70 bits per heavy atom. The van der Waals surface area contributed by atoms with Crippen LogP contribution in [0.3, 0.4) is 0 Å². The van der Waals surface area contributed by atoms with Crippen LogP contribution in [0.1, 0.15) is 44.6 Å². The Labute approximate surface area is 179 Å². The van der Waals surface area contributed by atoms with Gasteiger partial charge in [-0.15, -0.1) is 0 Å². The van der Waals surface area contributed by atoms with E-state index in [1.165, 1.54) is 17.4 Å². The van der Waals surface area contributed by atoms with Crippen LogP contribution in [-0.4, -0.2) is 76.8 Å². The van der Waals surface area contributed by atoms with E-state index in [4.69, 9.17) is 0 Å². The Morgan fingerprint density at radius 1 is 0.967 bits per heavy atom. The first kappa shape index (κ1) is 20.9. The van der Waals surface area contributed by atoms with Crippen molar-refractivity contribution >= 4 is 22.7 Å². The number of piperidine rings is 1. The second-order valence-corrected chi connectivity index (χ2v) is 8.69. The number of hydrogen-bond acceptors (Lipinski definition) is 3. The molecule has 2 aliphatic rings. The van der Waals surface area contributed by atoms with Gasteiger partial charge in [0.1, 0.15) is 0 Å². The van der Waals surface area contributed by atoms with Gasteiger partial charge in [0.25, 0.3) is 0 Å². The topological polar surface area (TPSA) is 59.7 Å². The second-order valence-electron chi connectivity index (χ2n) is 8.69. The first-order valence-electron chi connectivity index (χ1n) is 11.5. The number of para-hydroxylation sites is 1. The number of carbonyl (C=O) groups is 2. The maximum atomic E-state index is 12.8. The lowest BCUT2D eigenvalue weighted by Gasteiger charge is -2.39. The summed E-state index contributed by atoms with van der Waals surface area (Å²) in [7, 11) is 0. The highest BCUT2D eigenvalue weighted by atomic mass is 16.2. The number of aromatic nitrogens is 1. The van der Waals surface area contributed by atoms with Gasteiger partial charge in [-0.2, -0.15) is 0 Å². The van der Waals surface area contributed by atoms with Gasteiger partial charge in [-0.25, -0.2) is 0 Å². The summed E-state index contributed by atoms with van der Waals surface area (Å²) in [6, 6.07) is 8.23. The summed E-state index contributed by atoms with van der Waals surface area (Å²) >= 11 is 0. The van der Waals surface area contributed by atoms with Crippen molar-refractivity contribution in [2.24, 2.45) is 0 Å². The van der Waals surface area contributed by atoms with Gasteiger partial charge in [0.2, 0.25) is 11.8 Å². The molecule has 2 saturated heterocycles. The smallest absolute Gasteiger partial charge is 0.239 e. The van der Waals surface area contributed by atoms with Gasteiger partial charge in [0.15, 0.2) is 0 Å². The monoisotopic (exact) mass is 410 g/mol. The molecule has 1 aromatic carbocycles. The van der Waals surface area contributed by atoms with E-state index in [9.17, 15) is 9.59 Å². The Morgan fingerprint density at radius 3 is 2.47 bits per heavy atom. The van der Waals surface area contributed by atoms with Crippen LogP contribution in [0.4, 0.5) is 0 Å². The predicted molar refractivity (Wildman–Crippen MR) is 119 cm³/mol. The zero-order valence-corrected chi connectivity index (χ0v) is 18.1. The highest BCUT2D eigenvalue weighted by Gasteiger charge is 2.30. The van der Waals surface area contributed by atoms with Crippen LogP contribution < -0.4 is 0 Å². The minimum Gasteiger partial charge on any atom is -0.361 e. The molecule has 4 rings (SSSR count). The van der Waals surface area contributed by atoms with Crippen LogP contribution in [0.25, 0.3) is 10.9 Å². The molecule has 2 aromatic rings. The zero-order chi connectivity index (χ0) is 20.9. The molecule has 0 aliphatic carbocycles. The minimum absolute atomic E-state index is 0.0813. The zero-order valence-electron chi connectivity index (χ0n) is 18.1. The van der Waals surface area contributed by atoms with Crippen molar-refractivity contribution in [1.82, 2.24) is 19.7 Å². The highest BCUT2D eigenvalue weighted by molar-refractivity contribution is 5.83. The van der Waals surface area contributed by atoms with E-state index >= 15 is 0 Å². The van der Waals surface area contributed by atoms with Gasteiger partial charge in [0, 0.05) is 62.8 Å². The van der Waals surface area contributed by atoms with Crippen LogP contribution in [0.2, 0.25) is 0 Å². The number of aryl methyl sites for hydroxylation is 1. The quantitative estimate of drug-likeness (QED) is 0.796. The summed E-state index contributed by atoms with van der Waals surface area (Å²) in [6.45, 7) is 6.85. The fourth-order valence-corrected chi connectivity index (χ4v) is 4.82. The summed E-state index contributed by atoms with van der Waals surface area (Å²) in [5.74, 6) is 0.498. The summed E-state index contributed by atoms with van der Waals surface area (Å²) < 4.78 is 0. The van der Waals surface area contributed by atoms with Crippen LogP contribution >= 0.6 is 0 Å². The van der Waals surface area contributed by atoms with Crippen molar-refractivity contribution in [3.63, 3.8) is 0 Å². The fourth-order valence-electron chi connectivity index (χ4n) is 4.82. The number of amides is 2. The molecule has 1 aromatic heterocycles. The molecule has 162 valence electrons. The van der Waals surface area contributed by atoms with E-state index < -0.39 is 0 Å². The second kappa shape index (κ2) is 9.65. The lowest BCUT2D eigenvalue weighted by molar-refractivity contribution is -0.139. The maximum absolute atomic E-state index is 12.8. The molecule has 6 heteroatoms. The van der Waals surface area contributed by atoms with Gasteiger partial charge in [-0.05, 0) is 50.7 Å². The summed E-state index contributed by atoms with van der Waals surface area (Å²) in [5.41, 5.74) is 2.44. The summed E-state index contributed by atoms with van der Waals surface area (Å²) in [5, 5.41) is 1.26. The molecule has 2 fully saturated rings. The Hall–Kier alpha value is -2.34. The number of hydrogen-bond donors (Lipinski definition) is 1. The molecule has 6 nitrogen and oxygen atoms in total. The number of likely N-dealkylation sites (tertiary alicyclic amines) is 1. The third-order valence-corrected chi connectivity index (χ3v) is 6.75. The van der Waals surface area contributed by atoms with Crippen molar-refractivity contribution in [1.29, 1.82) is 0 Å². The van der Waals surface area contributed by atoms with Crippen molar-refractivity contribution in [3.8, 4) is 0 Å². The van der Waals surface area contributed by atoms with Crippen molar-refractivity contribution in [3.05, 3.63) is 36.0 Å². The number of benzene rings is 1. The molecular formula is C24H34N4O2. The summed E-state index contributed by atoms with van der Waals surface area (Å²) in [4.78, 5) is 35.0. The van der Waals surface area contributed by atoms with Gasteiger partial charge in [-0.1, -0.05) is 18.2 Å². The molecule has 0 radical (unpaired) electrons. The largest absolute Gasteiger partial charge is 0.361 e.